The standard InChI is InChI=1S/C19H19FN2O4/c1-13(23)22-17-8-4-14(5-9-17)10-19(25)26-12-18(24)21-11-15-2-6-16(20)7-3-15/h2-9H,10-12H2,1H3,(H,21,24)(H,22,23). The third-order valence-corrected chi connectivity index (χ3v) is 3.39. The zero-order chi connectivity index (χ0) is 18.9. The Kier molecular flexibility index (Phi) is 6.84. The summed E-state index contributed by atoms with van der Waals surface area (Å²) in [5, 5.41) is 5.21. The van der Waals surface area contributed by atoms with Crippen LogP contribution in [-0.2, 0) is 32.1 Å². The maximum absolute atomic E-state index is 12.8. The van der Waals surface area contributed by atoms with E-state index in [0.717, 1.165) is 5.56 Å². The highest BCUT2D eigenvalue weighted by Gasteiger charge is 2.09. The highest BCUT2D eigenvalue weighted by atomic mass is 19.1. The minimum atomic E-state index is -0.533. The highest BCUT2D eigenvalue weighted by Crippen LogP contribution is 2.10. The molecule has 2 rings (SSSR count). The monoisotopic (exact) mass is 358 g/mol. The second-order valence-corrected chi connectivity index (χ2v) is 5.62. The van der Waals surface area contributed by atoms with Gasteiger partial charge in [-0.05, 0) is 35.4 Å². The lowest BCUT2D eigenvalue weighted by Gasteiger charge is -2.07. The van der Waals surface area contributed by atoms with Crippen molar-refractivity contribution in [1.29, 1.82) is 0 Å². The molecule has 0 radical (unpaired) electrons. The van der Waals surface area contributed by atoms with E-state index < -0.39 is 11.9 Å². The summed E-state index contributed by atoms with van der Waals surface area (Å²) in [6, 6.07) is 12.5. The Bertz CT molecular complexity index is 773. The number of ether oxygens (including phenoxy) is 1. The molecule has 0 saturated carbocycles. The van der Waals surface area contributed by atoms with Gasteiger partial charge in [-0.15, -0.1) is 0 Å². The molecule has 0 bridgehead atoms. The molecule has 136 valence electrons. The van der Waals surface area contributed by atoms with Crippen LogP contribution < -0.4 is 10.6 Å². The fourth-order valence-electron chi connectivity index (χ4n) is 2.13. The number of rotatable bonds is 7. The zero-order valence-corrected chi connectivity index (χ0v) is 14.3. The fraction of sp³-hybridized carbons (Fsp3) is 0.211. The van der Waals surface area contributed by atoms with Crippen molar-refractivity contribution in [3.63, 3.8) is 0 Å². The molecule has 2 aromatic carbocycles. The molecule has 6 nitrogen and oxygen atoms in total. The molecule has 0 aliphatic heterocycles. The van der Waals surface area contributed by atoms with Crippen LogP contribution in [-0.4, -0.2) is 24.4 Å². The van der Waals surface area contributed by atoms with Crippen LogP contribution in [0.1, 0.15) is 18.1 Å². The number of carbonyl (C=O) groups excluding carboxylic acids is 3. The van der Waals surface area contributed by atoms with Gasteiger partial charge in [0.15, 0.2) is 6.61 Å². The number of benzene rings is 2. The van der Waals surface area contributed by atoms with Crippen LogP contribution in [0.4, 0.5) is 10.1 Å². The third-order valence-electron chi connectivity index (χ3n) is 3.39. The molecular weight excluding hydrogens is 339 g/mol. The molecule has 0 aliphatic rings. The summed E-state index contributed by atoms with van der Waals surface area (Å²) in [5.74, 6) is -1.50. The van der Waals surface area contributed by atoms with Gasteiger partial charge in [-0.2, -0.15) is 0 Å². The molecule has 0 spiro atoms. The molecule has 2 N–H and O–H groups in total. The average molecular weight is 358 g/mol. The first kappa shape index (κ1) is 19.1. The van der Waals surface area contributed by atoms with E-state index in [9.17, 15) is 18.8 Å². The molecule has 0 aliphatic carbocycles. The summed E-state index contributed by atoms with van der Waals surface area (Å²) in [6.45, 7) is 1.25. The Labute approximate surface area is 150 Å². The van der Waals surface area contributed by atoms with Crippen molar-refractivity contribution in [2.45, 2.75) is 19.9 Å². The first-order valence-corrected chi connectivity index (χ1v) is 7.95. The average Bonchev–Trinajstić information content (AvgIpc) is 2.61. The van der Waals surface area contributed by atoms with Crippen LogP contribution in [0.15, 0.2) is 48.5 Å². The van der Waals surface area contributed by atoms with Crippen molar-refractivity contribution in [3.05, 3.63) is 65.5 Å². The SMILES string of the molecule is CC(=O)Nc1ccc(CC(=O)OCC(=O)NCc2ccc(F)cc2)cc1. The molecule has 0 fully saturated rings. The number of hydrogen-bond acceptors (Lipinski definition) is 4. The van der Waals surface area contributed by atoms with E-state index in [-0.39, 0.29) is 31.3 Å². The van der Waals surface area contributed by atoms with Gasteiger partial charge in [0, 0.05) is 19.2 Å². The van der Waals surface area contributed by atoms with E-state index in [1.54, 1.807) is 36.4 Å². The maximum atomic E-state index is 12.8. The fourth-order valence-corrected chi connectivity index (χ4v) is 2.13. The minimum Gasteiger partial charge on any atom is -0.455 e. The van der Waals surface area contributed by atoms with E-state index in [0.29, 0.717) is 11.3 Å². The molecule has 7 heteroatoms. The van der Waals surface area contributed by atoms with E-state index in [2.05, 4.69) is 10.6 Å². The largest absolute Gasteiger partial charge is 0.455 e. The molecule has 0 unspecified atom stereocenters. The molecule has 0 heterocycles. The van der Waals surface area contributed by atoms with Gasteiger partial charge in [-0.3, -0.25) is 14.4 Å². The van der Waals surface area contributed by atoms with Gasteiger partial charge in [0.25, 0.3) is 5.91 Å². The Morgan fingerprint density at radius 2 is 1.58 bits per heavy atom. The highest BCUT2D eigenvalue weighted by molar-refractivity contribution is 5.88. The van der Waals surface area contributed by atoms with Crippen LogP contribution in [0.2, 0.25) is 0 Å². The van der Waals surface area contributed by atoms with Crippen molar-refractivity contribution in [1.82, 2.24) is 5.32 Å². The number of hydrogen-bond donors (Lipinski definition) is 2. The van der Waals surface area contributed by atoms with Crippen molar-refractivity contribution in [3.8, 4) is 0 Å². The maximum Gasteiger partial charge on any atom is 0.310 e. The molecule has 0 aromatic heterocycles. The quantitative estimate of drug-likeness (QED) is 0.743. The second-order valence-electron chi connectivity index (χ2n) is 5.62. The zero-order valence-electron chi connectivity index (χ0n) is 14.3. The summed E-state index contributed by atoms with van der Waals surface area (Å²) in [6.07, 6.45) is 0.0194. The Hall–Kier alpha value is -3.22. The van der Waals surface area contributed by atoms with Crippen LogP contribution >= 0.6 is 0 Å². The predicted molar refractivity (Wildman–Crippen MR) is 93.7 cm³/mol. The summed E-state index contributed by atoms with van der Waals surface area (Å²) >= 11 is 0. The molecule has 0 saturated heterocycles. The lowest BCUT2D eigenvalue weighted by atomic mass is 10.1. The summed E-state index contributed by atoms with van der Waals surface area (Å²) < 4.78 is 17.7. The van der Waals surface area contributed by atoms with E-state index >= 15 is 0 Å². The lowest BCUT2D eigenvalue weighted by molar-refractivity contribution is -0.147. The lowest BCUT2D eigenvalue weighted by Crippen LogP contribution is -2.28. The van der Waals surface area contributed by atoms with Gasteiger partial charge in [0.1, 0.15) is 5.82 Å². The Morgan fingerprint density at radius 3 is 2.19 bits per heavy atom. The minimum absolute atomic E-state index is 0.0194. The summed E-state index contributed by atoms with van der Waals surface area (Å²) in [7, 11) is 0. The van der Waals surface area contributed by atoms with Gasteiger partial charge in [0.2, 0.25) is 5.91 Å². The topological polar surface area (TPSA) is 84.5 Å². The van der Waals surface area contributed by atoms with Gasteiger partial charge in [-0.25, -0.2) is 4.39 Å². The number of carbonyl (C=O) groups is 3. The Balaban J connectivity index is 1.71. The van der Waals surface area contributed by atoms with E-state index in [1.807, 2.05) is 0 Å². The van der Waals surface area contributed by atoms with Crippen molar-refractivity contribution in [2.24, 2.45) is 0 Å². The van der Waals surface area contributed by atoms with Crippen LogP contribution in [0.25, 0.3) is 0 Å². The first-order valence-electron chi connectivity index (χ1n) is 7.95. The molecule has 2 aromatic rings. The smallest absolute Gasteiger partial charge is 0.310 e. The van der Waals surface area contributed by atoms with Crippen molar-refractivity contribution >= 4 is 23.5 Å². The van der Waals surface area contributed by atoms with E-state index in [1.165, 1.54) is 19.1 Å². The molecule has 26 heavy (non-hydrogen) atoms. The second kappa shape index (κ2) is 9.31. The number of amides is 2. The summed E-state index contributed by atoms with van der Waals surface area (Å²) in [4.78, 5) is 34.4. The molecule has 2 amide bonds. The molecule has 0 atom stereocenters. The van der Waals surface area contributed by atoms with Gasteiger partial charge in [0.05, 0.1) is 6.42 Å². The Morgan fingerprint density at radius 1 is 0.962 bits per heavy atom. The summed E-state index contributed by atoms with van der Waals surface area (Å²) in [5.41, 5.74) is 2.08. The third kappa shape index (κ3) is 6.72. The van der Waals surface area contributed by atoms with Crippen molar-refractivity contribution in [2.75, 3.05) is 11.9 Å². The van der Waals surface area contributed by atoms with Gasteiger partial charge < -0.3 is 15.4 Å². The predicted octanol–water partition coefficient (Wildman–Crippen LogP) is 2.19. The van der Waals surface area contributed by atoms with Crippen LogP contribution in [0, 0.1) is 5.82 Å². The number of halogens is 1. The normalized spacial score (nSPS) is 10.1. The molecular formula is C19H19FN2O4. The number of esters is 1. The van der Waals surface area contributed by atoms with Gasteiger partial charge >= 0.3 is 5.97 Å². The van der Waals surface area contributed by atoms with Crippen LogP contribution in [0.5, 0.6) is 0 Å². The van der Waals surface area contributed by atoms with E-state index in [4.69, 9.17) is 4.74 Å². The number of nitrogens with one attached hydrogen (secondary N) is 2. The van der Waals surface area contributed by atoms with Gasteiger partial charge in [-0.1, -0.05) is 24.3 Å². The number of anilines is 1. The van der Waals surface area contributed by atoms with Crippen LogP contribution in [0.3, 0.4) is 0 Å². The first-order chi connectivity index (χ1) is 12.4. The van der Waals surface area contributed by atoms with Crippen molar-refractivity contribution < 1.29 is 23.5 Å².